The van der Waals surface area contributed by atoms with Crippen LogP contribution < -0.4 is 4.74 Å². The predicted molar refractivity (Wildman–Crippen MR) is 76.0 cm³/mol. The van der Waals surface area contributed by atoms with Gasteiger partial charge in [0.05, 0.1) is 12.7 Å². The van der Waals surface area contributed by atoms with Crippen molar-refractivity contribution in [2.24, 2.45) is 0 Å². The summed E-state index contributed by atoms with van der Waals surface area (Å²) in [6, 6.07) is 8.17. The predicted octanol–water partition coefficient (Wildman–Crippen LogP) is 4.57. The van der Waals surface area contributed by atoms with Gasteiger partial charge in [-0.3, -0.25) is 0 Å². The van der Waals surface area contributed by atoms with E-state index in [-0.39, 0.29) is 6.10 Å². The van der Waals surface area contributed by atoms with E-state index >= 15 is 0 Å². The van der Waals surface area contributed by atoms with Gasteiger partial charge >= 0.3 is 0 Å². The molecule has 18 heavy (non-hydrogen) atoms. The van der Waals surface area contributed by atoms with Gasteiger partial charge in [0.15, 0.2) is 0 Å². The lowest BCUT2D eigenvalue weighted by atomic mass is 10.2. The first-order valence-corrected chi connectivity index (χ1v) is 7.05. The zero-order chi connectivity index (χ0) is 13.2. The van der Waals surface area contributed by atoms with Crippen LogP contribution >= 0.6 is 0 Å². The second kappa shape index (κ2) is 8.98. The fraction of sp³-hybridized carbons (Fsp3) is 0.625. The normalized spacial score (nSPS) is 10.9. The Morgan fingerprint density at radius 2 is 1.72 bits per heavy atom. The average molecular weight is 250 g/mol. The van der Waals surface area contributed by atoms with E-state index < -0.39 is 0 Å². The third kappa shape index (κ3) is 6.65. The molecule has 0 heterocycles. The summed E-state index contributed by atoms with van der Waals surface area (Å²) in [5, 5.41) is 0. The fourth-order valence-electron chi connectivity index (χ4n) is 1.76. The molecule has 0 saturated heterocycles. The van der Waals surface area contributed by atoms with Gasteiger partial charge in [-0.2, -0.15) is 0 Å². The Kier molecular flexibility index (Phi) is 7.51. The van der Waals surface area contributed by atoms with Crippen LogP contribution in [-0.2, 0) is 11.3 Å². The molecule has 0 atom stereocenters. The molecule has 0 N–H and O–H groups in total. The second-order valence-electron chi connectivity index (χ2n) is 4.92. The van der Waals surface area contributed by atoms with Crippen molar-refractivity contribution >= 4 is 0 Å². The molecule has 1 rings (SSSR count). The molecular weight excluding hydrogens is 224 g/mol. The van der Waals surface area contributed by atoms with E-state index in [0.717, 1.165) is 12.4 Å². The van der Waals surface area contributed by atoms with E-state index in [1.54, 1.807) is 0 Å². The minimum absolute atomic E-state index is 0.227. The molecule has 0 spiro atoms. The highest BCUT2D eigenvalue weighted by Crippen LogP contribution is 2.14. The molecule has 1 aromatic rings. The molecule has 2 nitrogen and oxygen atoms in total. The molecule has 0 aliphatic carbocycles. The molecule has 1 aromatic carbocycles. The lowest BCUT2D eigenvalue weighted by molar-refractivity contribution is 0.116. The minimum atomic E-state index is 0.227. The maximum absolute atomic E-state index is 5.65. The number of unbranched alkanes of at least 4 members (excludes halogenated alkanes) is 3. The Balaban J connectivity index is 2.18. The van der Waals surface area contributed by atoms with E-state index in [2.05, 4.69) is 19.1 Å². The largest absolute Gasteiger partial charge is 0.491 e. The maximum atomic E-state index is 5.65. The average Bonchev–Trinajstić information content (AvgIpc) is 2.35. The topological polar surface area (TPSA) is 18.5 Å². The van der Waals surface area contributed by atoms with Gasteiger partial charge in [0.25, 0.3) is 0 Å². The quantitative estimate of drug-likeness (QED) is 0.598. The molecule has 0 radical (unpaired) electrons. The van der Waals surface area contributed by atoms with E-state index in [1.807, 2.05) is 26.0 Å². The molecule has 0 fully saturated rings. The fourth-order valence-corrected chi connectivity index (χ4v) is 1.76. The number of hydrogen-bond donors (Lipinski definition) is 0. The smallest absolute Gasteiger partial charge is 0.119 e. The third-order valence-electron chi connectivity index (χ3n) is 2.71. The summed E-state index contributed by atoms with van der Waals surface area (Å²) in [5.41, 5.74) is 1.21. The molecule has 0 bridgehead atoms. The summed E-state index contributed by atoms with van der Waals surface area (Å²) < 4.78 is 11.2. The Morgan fingerprint density at radius 1 is 1.00 bits per heavy atom. The van der Waals surface area contributed by atoms with Gasteiger partial charge in [0.1, 0.15) is 5.75 Å². The number of ether oxygens (including phenoxy) is 2. The van der Waals surface area contributed by atoms with Gasteiger partial charge in [-0.15, -0.1) is 0 Å². The van der Waals surface area contributed by atoms with Crippen molar-refractivity contribution in [3.8, 4) is 5.75 Å². The molecule has 0 aliphatic heterocycles. The van der Waals surface area contributed by atoms with Crippen LogP contribution in [0.1, 0.15) is 52.0 Å². The summed E-state index contributed by atoms with van der Waals surface area (Å²) in [7, 11) is 0. The molecule has 0 saturated carbocycles. The molecule has 0 aliphatic rings. The van der Waals surface area contributed by atoms with Gasteiger partial charge in [-0.25, -0.2) is 0 Å². The number of benzene rings is 1. The van der Waals surface area contributed by atoms with Crippen molar-refractivity contribution in [3.05, 3.63) is 29.8 Å². The summed E-state index contributed by atoms with van der Waals surface area (Å²) >= 11 is 0. The Hall–Kier alpha value is -1.02. The molecule has 0 amide bonds. The van der Waals surface area contributed by atoms with Gasteiger partial charge in [0, 0.05) is 6.61 Å². The molecule has 0 unspecified atom stereocenters. The Morgan fingerprint density at radius 3 is 2.33 bits per heavy atom. The Labute approximate surface area is 111 Å². The van der Waals surface area contributed by atoms with Gasteiger partial charge in [0.2, 0.25) is 0 Å². The summed E-state index contributed by atoms with van der Waals surface area (Å²) in [4.78, 5) is 0. The van der Waals surface area contributed by atoms with Crippen molar-refractivity contribution in [1.82, 2.24) is 0 Å². The zero-order valence-corrected chi connectivity index (χ0v) is 11.9. The SMILES string of the molecule is CCCCCCOCc1ccc(OC(C)C)cc1. The van der Waals surface area contributed by atoms with E-state index in [9.17, 15) is 0 Å². The van der Waals surface area contributed by atoms with Crippen LogP contribution in [0.15, 0.2) is 24.3 Å². The first-order chi connectivity index (χ1) is 8.72. The number of hydrogen-bond acceptors (Lipinski definition) is 2. The number of rotatable bonds is 9. The van der Waals surface area contributed by atoms with Gasteiger partial charge in [-0.1, -0.05) is 38.3 Å². The van der Waals surface area contributed by atoms with Crippen LogP contribution in [0, 0.1) is 0 Å². The standard InChI is InChI=1S/C16H26O2/c1-4-5-6-7-12-17-13-15-8-10-16(11-9-15)18-14(2)3/h8-11,14H,4-7,12-13H2,1-3H3. The van der Waals surface area contributed by atoms with Crippen molar-refractivity contribution in [1.29, 1.82) is 0 Å². The van der Waals surface area contributed by atoms with Crippen molar-refractivity contribution < 1.29 is 9.47 Å². The van der Waals surface area contributed by atoms with Crippen LogP contribution in [0.3, 0.4) is 0 Å². The highest BCUT2D eigenvalue weighted by Gasteiger charge is 1.98. The van der Waals surface area contributed by atoms with Crippen LogP contribution in [0.25, 0.3) is 0 Å². The molecule has 2 heteroatoms. The second-order valence-corrected chi connectivity index (χ2v) is 4.92. The summed E-state index contributed by atoms with van der Waals surface area (Å²) in [6.07, 6.45) is 5.26. The van der Waals surface area contributed by atoms with E-state index in [1.165, 1.54) is 31.2 Å². The van der Waals surface area contributed by atoms with Crippen LogP contribution in [0.5, 0.6) is 5.75 Å². The summed E-state index contributed by atoms with van der Waals surface area (Å²) in [5.74, 6) is 0.927. The maximum Gasteiger partial charge on any atom is 0.119 e. The van der Waals surface area contributed by atoms with Crippen molar-refractivity contribution in [2.75, 3.05) is 6.61 Å². The van der Waals surface area contributed by atoms with Gasteiger partial charge in [-0.05, 0) is 38.0 Å². The summed E-state index contributed by atoms with van der Waals surface area (Å²) in [6.45, 7) is 7.86. The Bertz CT molecular complexity index is 303. The highest BCUT2D eigenvalue weighted by molar-refractivity contribution is 5.26. The monoisotopic (exact) mass is 250 g/mol. The minimum Gasteiger partial charge on any atom is -0.491 e. The van der Waals surface area contributed by atoms with Crippen LogP contribution in [-0.4, -0.2) is 12.7 Å². The van der Waals surface area contributed by atoms with Gasteiger partial charge < -0.3 is 9.47 Å². The van der Waals surface area contributed by atoms with Crippen LogP contribution in [0.4, 0.5) is 0 Å². The van der Waals surface area contributed by atoms with E-state index in [0.29, 0.717) is 6.61 Å². The van der Waals surface area contributed by atoms with E-state index in [4.69, 9.17) is 9.47 Å². The third-order valence-corrected chi connectivity index (χ3v) is 2.71. The first kappa shape index (κ1) is 15.0. The van der Waals surface area contributed by atoms with Crippen molar-refractivity contribution in [3.63, 3.8) is 0 Å². The highest BCUT2D eigenvalue weighted by atomic mass is 16.5. The first-order valence-electron chi connectivity index (χ1n) is 7.05. The van der Waals surface area contributed by atoms with Crippen LogP contribution in [0.2, 0.25) is 0 Å². The lowest BCUT2D eigenvalue weighted by Gasteiger charge is -2.10. The van der Waals surface area contributed by atoms with Crippen molar-refractivity contribution in [2.45, 2.75) is 59.2 Å². The zero-order valence-electron chi connectivity index (χ0n) is 11.9. The molecular formula is C16H26O2. The molecule has 0 aromatic heterocycles. The molecule has 102 valence electrons. The lowest BCUT2D eigenvalue weighted by Crippen LogP contribution is -2.05.